The molecule has 44 heavy (non-hydrogen) atoms. The highest BCUT2D eigenvalue weighted by Gasteiger charge is 2.17. The summed E-state index contributed by atoms with van der Waals surface area (Å²) in [5.41, 5.74) is 9.75. The number of hydrogen-bond donors (Lipinski definition) is 0. The summed E-state index contributed by atoms with van der Waals surface area (Å²) in [6, 6.07) is 42.8. The van der Waals surface area contributed by atoms with E-state index in [-0.39, 0.29) is 0 Å². The number of aromatic nitrogens is 5. The Labute approximate surface area is 257 Å². The largest absolute Gasteiger partial charge is 0.324 e. The van der Waals surface area contributed by atoms with Gasteiger partial charge in [-0.2, -0.15) is 0 Å². The van der Waals surface area contributed by atoms with Crippen LogP contribution in [0.4, 0.5) is 0 Å². The molecule has 0 N–H and O–H groups in total. The summed E-state index contributed by atoms with van der Waals surface area (Å²) < 4.78 is 7.83. The van der Waals surface area contributed by atoms with E-state index in [4.69, 9.17) is 4.98 Å². The van der Waals surface area contributed by atoms with Crippen molar-refractivity contribution in [3.05, 3.63) is 152 Å². The summed E-state index contributed by atoms with van der Waals surface area (Å²) in [5, 5.41) is 3.45. The van der Waals surface area contributed by atoms with Crippen LogP contribution in [0.3, 0.4) is 0 Å². The van der Waals surface area contributed by atoms with Gasteiger partial charge in [-0.3, -0.25) is 4.98 Å². The summed E-state index contributed by atoms with van der Waals surface area (Å²) >= 11 is 1.73. The summed E-state index contributed by atoms with van der Waals surface area (Å²) in [5.74, 6) is 0. The van der Waals surface area contributed by atoms with E-state index in [1.54, 1.807) is 11.3 Å². The second kappa shape index (κ2) is 9.93. The first kappa shape index (κ1) is 24.8. The standard InChI is InChI=1S/C38H25N5S/c1-2-11-35-31(9-1)32-14-12-26(38-40-34-15-13-28(25-37(34)44-38)41-17-5-6-18-41)23-36(32)43(35)30-22-27(33-10-3-4-16-39-33)21-29(24-30)42-19-7-8-20-42/h1-25H. The third-order valence-corrected chi connectivity index (χ3v) is 9.29. The van der Waals surface area contributed by atoms with E-state index in [9.17, 15) is 0 Å². The zero-order valence-corrected chi connectivity index (χ0v) is 24.4. The molecule has 0 radical (unpaired) electrons. The third-order valence-electron chi connectivity index (χ3n) is 8.22. The zero-order valence-electron chi connectivity index (χ0n) is 23.6. The van der Waals surface area contributed by atoms with Crippen LogP contribution < -0.4 is 0 Å². The molecule has 0 atom stereocenters. The second-order valence-electron chi connectivity index (χ2n) is 10.9. The first-order chi connectivity index (χ1) is 21.8. The van der Waals surface area contributed by atoms with Crippen molar-refractivity contribution in [3.8, 4) is 38.9 Å². The quantitative estimate of drug-likeness (QED) is 0.202. The van der Waals surface area contributed by atoms with Crippen LogP contribution in [0.2, 0.25) is 0 Å². The molecular formula is C38H25N5S. The number of fused-ring (bicyclic) bond motifs is 4. The van der Waals surface area contributed by atoms with Crippen molar-refractivity contribution < 1.29 is 0 Å². The first-order valence-electron chi connectivity index (χ1n) is 14.6. The van der Waals surface area contributed by atoms with Crippen LogP contribution in [0.5, 0.6) is 0 Å². The van der Waals surface area contributed by atoms with Crippen LogP contribution in [-0.4, -0.2) is 23.7 Å². The number of thiazole rings is 1. The van der Waals surface area contributed by atoms with E-state index in [2.05, 4.69) is 141 Å². The maximum Gasteiger partial charge on any atom is 0.124 e. The Balaban J connectivity index is 1.26. The fourth-order valence-electron chi connectivity index (χ4n) is 6.15. The lowest BCUT2D eigenvalue weighted by molar-refractivity contribution is 1.07. The minimum absolute atomic E-state index is 0.943. The molecule has 0 bridgehead atoms. The maximum atomic E-state index is 5.06. The Morgan fingerprint density at radius 1 is 0.523 bits per heavy atom. The Bertz CT molecular complexity index is 2430. The lowest BCUT2D eigenvalue weighted by atomic mass is 10.1. The van der Waals surface area contributed by atoms with Gasteiger partial charge >= 0.3 is 0 Å². The van der Waals surface area contributed by atoms with Gasteiger partial charge in [0.1, 0.15) is 5.01 Å². The fourth-order valence-corrected chi connectivity index (χ4v) is 7.14. The molecule has 5 nitrogen and oxygen atoms in total. The molecule has 4 aromatic carbocycles. The normalized spacial score (nSPS) is 11.6. The van der Waals surface area contributed by atoms with Crippen molar-refractivity contribution >= 4 is 43.4 Å². The smallest absolute Gasteiger partial charge is 0.124 e. The van der Waals surface area contributed by atoms with E-state index < -0.39 is 0 Å². The molecular weight excluding hydrogens is 559 g/mol. The lowest BCUT2D eigenvalue weighted by Gasteiger charge is -2.14. The number of nitrogens with zero attached hydrogens (tertiary/aromatic N) is 5. The molecule has 0 aliphatic rings. The monoisotopic (exact) mass is 583 g/mol. The van der Waals surface area contributed by atoms with Gasteiger partial charge in [-0.1, -0.05) is 36.4 Å². The zero-order chi connectivity index (χ0) is 29.0. The van der Waals surface area contributed by atoms with Crippen LogP contribution in [0, 0.1) is 0 Å². The number of para-hydroxylation sites is 1. The van der Waals surface area contributed by atoms with Crippen molar-refractivity contribution in [1.82, 2.24) is 23.7 Å². The topological polar surface area (TPSA) is 40.6 Å². The SMILES string of the molecule is c1ccc(-c2cc(-n3cccc3)cc(-n3c4ccccc4c4ccc(-c5nc6ccc(-n7cccc7)cc6s5)cc43)c2)nc1. The van der Waals surface area contributed by atoms with Crippen molar-refractivity contribution in [2.75, 3.05) is 0 Å². The summed E-state index contributed by atoms with van der Waals surface area (Å²) in [6.45, 7) is 0. The van der Waals surface area contributed by atoms with Gasteiger partial charge in [0, 0.05) is 69.9 Å². The Morgan fingerprint density at radius 2 is 1.27 bits per heavy atom. The first-order valence-corrected chi connectivity index (χ1v) is 15.4. The number of rotatable bonds is 5. The van der Waals surface area contributed by atoms with Gasteiger partial charge in [-0.15, -0.1) is 11.3 Å². The minimum atomic E-state index is 0.943. The average molecular weight is 584 g/mol. The number of hydrogen-bond acceptors (Lipinski definition) is 3. The molecule has 0 aliphatic heterocycles. The molecule has 0 saturated carbocycles. The van der Waals surface area contributed by atoms with Gasteiger partial charge in [0.2, 0.25) is 0 Å². The molecule has 5 aromatic heterocycles. The molecule has 0 saturated heterocycles. The second-order valence-corrected chi connectivity index (χ2v) is 11.9. The summed E-state index contributed by atoms with van der Waals surface area (Å²) in [4.78, 5) is 9.75. The molecule has 0 unspecified atom stereocenters. The Kier molecular flexibility index (Phi) is 5.61. The average Bonchev–Trinajstić information content (AvgIpc) is 3.90. The maximum absolute atomic E-state index is 5.06. The summed E-state index contributed by atoms with van der Waals surface area (Å²) in [7, 11) is 0. The van der Waals surface area contributed by atoms with E-state index in [0.717, 1.165) is 55.4 Å². The molecule has 9 aromatic rings. The van der Waals surface area contributed by atoms with E-state index in [1.165, 1.54) is 15.5 Å². The highest BCUT2D eigenvalue weighted by Crippen LogP contribution is 2.38. The molecule has 0 fully saturated rings. The Hall–Kier alpha value is -5.72. The van der Waals surface area contributed by atoms with Crippen molar-refractivity contribution in [2.24, 2.45) is 0 Å². The predicted molar refractivity (Wildman–Crippen MR) is 181 cm³/mol. The van der Waals surface area contributed by atoms with Crippen LogP contribution in [0.15, 0.2) is 152 Å². The van der Waals surface area contributed by atoms with E-state index in [1.807, 2.05) is 30.5 Å². The molecule has 0 aliphatic carbocycles. The lowest BCUT2D eigenvalue weighted by Crippen LogP contribution is -1.99. The molecule has 6 heteroatoms. The third kappa shape index (κ3) is 4.07. The Morgan fingerprint density at radius 3 is 2.09 bits per heavy atom. The van der Waals surface area contributed by atoms with E-state index >= 15 is 0 Å². The van der Waals surface area contributed by atoms with Crippen LogP contribution >= 0.6 is 11.3 Å². The molecule has 0 amide bonds. The van der Waals surface area contributed by atoms with Gasteiger partial charge in [0.05, 0.1) is 26.9 Å². The van der Waals surface area contributed by atoms with E-state index in [0.29, 0.717) is 0 Å². The minimum Gasteiger partial charge on any atom is -0.324 e. The van der Waals surface area contributed by atoms with Crippen LogP contribution in [0.1, 0.15) is 0 Å². The highest BCUT2D eigenvalue weighted by atomic mass is 32.1. The molecule has 9 rings (SSSR count). The van der Waals surface area contributed by atoms with Gasteiger partial charge in [0.15, 0.2) is 0 Å². The summed E-state index contributed by atoms with van der Waals surface area (Å²) in [6.07, 6.45) is 10.2. The van der Waals surface area contributed by atoms with Crippen molar-refractivity contribution in [2.45, 2.75) is 0 Å². The van der Waals surface area contributed by atoms with Crippen molar-refractivity contribution in [3.63, 3.8) is 0 Å². The van der Waals surface area contributed by atoms with Crippen molar-refractivity contribution in [1.29, 1.82) is 0 Å². The van der Waals surface area contributed by atoms with Gasteiger partial charge in [0.25, 0.3) is 0 Å². The fraction of sp³-hybridized carbons (Fsp3) is 0. The van der Waals surface area contributed by atoms with Gasteiger partial charge < -0.3 is 13.7 Å². The molecule has 208 valence electrons. The predicted octanol–water partition coefficient (Wildman–Crippen LogP) is 9.70. The van der Waals surface area contributed by atoms with Crippen LogP contribution in [0.25, 0.3) is 70.9 Å². The molecule has 0 spiro atoms. The highest BCUT2D eigenvalue weighted by molar-refractivity contribution is 7.21. The number of pyridine rings is 1. The van der Waals surface area contributed by atoms with Crippen LogP contribution in [-0.2, 0) is 0 Å². The van der Waals surface area contributed by atoms with Gasteiger partial charge in [-0.25, -0.2) is 4.98 Å². The molecule has 5 heterocycles. The number of benzene rings is 4. The van der Waals surface area contributed by atoms with Gasteiger partial charge in [-0.05, 0) is 84.9 Å².